The second-order valence-corrected chi connectivity index (χ2v) is 15.0. The monoisotopic (exact) mass is 695 g/mol. The third-order valence-electron chi connectivity index (χ3n) is 10.1. The number of carbonyl (C=O) groups is 4. The van der Waals surface area contributed by atoms with E-state index in [0.717, 1.165) is 70.0 Å². The molecule has 0 radical (unpaired) electrons. The van der Waals surface area contributed by atoms with Crippen LogP contribution in [0.3, 0.4) is 0 Å². The van der Waals surface area contributed by atoms with Gasteiger partial charge in [-0.3, -0.25) is 28.7 Å². The van der Waals surface area contributed by atoms with Crippen LogP contribution in [0, 0.1) is 20.8 Å². The standard InChI is InChI=1S/C38H38ClN5O4S/c1-21-22(2)49-38-34(21)35(25-12-14-26(39)15-13-25)40-31(36-42-41-23(3)44(36)38)18-27(45)10-6-4-5-8-24-9-7-11-29-30(24)20-43(37(29)48)32-17-16-28(46)19-33(32)47/h7,9,11-15,31-32H,4-6,8,10,16-20H2,1-3H3/t31-,32?/m0/s1. The maximum atomic E-state index is 13.5. The average molecular weight is 696 g/mol. The molecule has 0 N–H and O–H groups in total. The number of ketones is 3. The van der Waals surface area contributed by atoms with Gasteiger partial charge in [0.25, 0.3) is 5.91 Å². The molecule has 2 atom stereocenters. The van der Waals surface area contributed by atoms with Crippen molar-refractivity contribution in [3.8, 4) is 5.00 Å². The van der Waals surface area contributed by atoms with Crippen molar-refractivity contribution in [2.24, 2.45) is 4.99 Å². The number of Topliss-reactive ketones (excluding diaryl/α,β-unsaturated/α-hetero) is 3. The van der Waals surface area contributed by atoms with Crippen LogP contribution < -0.4 is 0 Å². The molecule has 11 heteroatoms. The van der Waals surface area contributed by atoms with Crippen LogP contribution in [-0.4, -0.2) is 54.7 Å². The third kappa shape index (κ3) is 6.32. The van der Waals surface area contributed by atoms with E-state index >= 15 is 0 Å². The number of halogens is 1. The number of carbonyl (C=O) groups excluding carboxylic acids is 4. The number of aromatic nitrogens is 3. The number of amides is 1. The zero-order valence-electron chi connectivity index (χ0n) is 27.9. The number of nitrogens with zero attached hydrogens (tertiary/aromatic N) is 5. The molecule has 49 heavy (non-hydrogen) atoms. The zero-order valence-corrected chi connectivity index (χ0v) is 29.5. The summed E-state index contributed by atoms with van der Waals surface area (Å²) < 4.78 is 2.07. The Morgan fingerprint density at radius 2 is 1.80 bits per heavy atom. The molecule has 0 bridgehead atoms. The van der Waals surface area contributed by atoms with E-state index < -0.39 is 12.1 Å². The Hall–Kier alpha value is -4.28. The molecule has 0 spiro atoms. The summed E-state index contributed by atoms with van der Waals surface area (Å²) >= 11 is 7.92. The minimum absolute atomic E-state index is 0.0467. The van der Waals surface area contributed by atoms with Crippen LogP contribution in [0.25, 0.3) is 5.00 Å². The van der Waals surface area contributed by atoms with E-state index in [1.807, 2.05) is 43.3 Å². The molecule has 252 valence electrons. The fraction of sp³-hybridized carbons (Fsp3) is 0.395. The molecule has 4 aromatic rings. The van der Waals surface area contributed by atoms with Crippen LogP contribution in [0.2, 0.25) is 5.02 Å². The summed E-state index contributed by atoms with van der Waals surface area (Å²) in [4.78, 5) is 59.1. The Bertz CT molecular complexity index is 2030. The van der Waals surface area contributed by atoms with Crippen molar-refractivity contribution in [2.75, 3.05) is 0 Å². The number of aliphatic imine (C=N–C) groups is 1. The first-order valence-electron chi connectivity index (χ1n) is 16.9. The van der Waals surface area contributed by atoms with Crippen molar-refractivity contribution in [1.82, 2.24) is 19.7 Å². The Labute approximate surface area is 294 Å². The molecular formula is C38H38ClN5O4S. The van der Waals surface area contributed by atoms with E-state index in [-0.39, 0.29) is 36.1 Å². The fourth-order valence-electron chi connectivity index (χ4n) is 7.36. The van der Waals surface area contributed by atoms with Gasteiger partial charge in [0.1, 0.15) is 28.4 Å². The van der Waals surface area contributed by atoms with Gasteiger partial charge < -0.3 is 4.90 Å². The van der Waals surface area contributed by atoms with Gasteiger partial charge in [-0.1, -0.05) is 42.3 Å². The average Bonchev–Trinajstić information content (AvgIpc) is 3.69. The highest BCUT2D eigenvalue weighted by Gasteiger charge is 2.39. The largest absolute Gasteiger partial charge is 0.324 e. The van der Waals surface area contributed by atoms with Gasteiger partial charge in [-0.25, -0.2) is 0 Å². The molecule has 0 saturated heterocycles. The molecule has 9 nitrogen and oxygen atoms in total. The highest BCUT2D eigenvalue weighted by molar-refractivity contribution is 7.15. The molecule has 1 amide bonds. The number of fused-ring (bicyclic) bond motifs is 4. The first-order chi connectivity index (χ1) is 23.6. The maximum Gasteiger partial charge on any atom is 0.255 e. The lowest BCUT2D eigenvalue weighted by molar-refractivity contribution is -0.133. The van der Waals surface area contributed by atoms with E-state index in [2.05, 4.69) is 34.7 Å². The van der Waals surface area contributed by atoms with Crippen LogP contribution >= 0.6 is 22.9 Å². The fourth-order valence-corrected chi connectivity index (χ4v) is 8.70. The SMILES string of the molecule is Cc1sc2c(c1C)C(c1ccc(Cl)cc1)=N[C@@H](CC(=O)CCCCCc1cccc3c1CN(C1CCC(=O)CC1=O)C3=O)c1nnc(C)n1-2. The Kier molecular flexibility index (Phi) is 9.19. The van der Waals surface area contributed by atoms with E-state index in [0.29, 0.717) is 42.2 Å². The van der Waals surface area contributed by atoms with Gasteiger partial charge in [0.2, 0.25) is 0 Å². The lowest BCUT2D eigenvalue weighted by atomic mass is 9.92. The van der Waals surface area contributed by atoms with Gasteiger partial charge in [-0.05, 0) is 81.3 Å². The Balaban J connectivity index is 1.01. The summed E-state index contributed by atoms with van der Waals surface area (Å²) in [5, 5.41) is 10.6. The van der Waals surface area contributed by atoms with Crippen LogP contribution in [0.5, 0.6) is 0 Å². The van der Waals surface area contributed by atoms with Crippen LogP contribution in [0.15, 0.2) is 47.5 Å². The van der Waals surface area contributed by atoms with E-state index in [4.69, 9.17) is 16.6 Å². The van der Waals surface area contributed by atoms with Crippen molar-refractivity contribution in [2.45, 2.75) is 97.2 Å². The highest BCUT2D eigenvalue weighted by atomic mass is 35.5. The van der Waals surface area contributed by atoms with Crippen LogP contribution in [-0.2, 0) is 27.3 Å². The van der Waals surface area contributed by atoms with Gasteiger partial charge in [0, 0.05) is 52.4 Å². The summed E-state index contributed by atoms with van der Waals surface area (Å²) in [6, 6.07) is 12.5. The van der Waals surface area contributed by atoms with E-state index in [1.54, 1.807) is 16.2 Å². The van der Waals surface area contributed by atoms with Crippen molar-refractivity contribution in [3.05, 3.63) is 97.4 Å². The molecule has 2 aliphatic heterocycles. The number of unbranched alkanes of at least 4 members (excludes halogenated alkanes) is 2. The summed E-state index contributed by atoms with van der Waals surface area (Å²) in [5.41, 5.74) is 6.72. The van der Waals surface area contributed by atoms with Gasteiger partial charge in [-0.15, -0.1) is 21.5 Å². The molecule has 1 fully saturated rings. The molecule has 2 aromatic heterocycles. The van der Waals surface area contributed by atoms with Crippen molar-refractivity contribution < 1.29 is 19.2 Å². The number of aryl methyl sites for hydroxylation is 3. The number of rotatable bonds is 10. The molecule has 1 aliphatic carbocycles. The van der Waals surface area contributed by atoms with Gasteiger partial charge in [0.15, 0.2) is 11.6 Å². The first-order valence-corrected chi connectivity index (χ1v) is 18.1. The molecule has 3 aliphatic rings. The lowest BCUT2D eigenvalue weighted by Gasteiger charge is -2.29. The van der Waals surface area contributed by atoms with Gasteiger partial charge >= 0.3 is 0 Å². The minimum atomic E-state index is -0.519. The predicted octanol–water partition coefficient (Wildman–Crippen LogP) is 7.21. The quantitative estimate of drug-likeness (QED) is 0.128. The normalized spacial score (nSPS) is 18.7. The summed E-state index contributed by atoms with van der Waals surface area (Å²) in [7, 11) is 0. The second-order valence-electron chi connectivity index (χ2n) is 13.3. The topological polar surface area (TPSA) is 115 Å². The summed E-state index contributed by atoms with van der Waals surface area (Å²) in [5.74, 6) is 1.25. The highest BCUT2D eigenvalue weighted by Crippen LogP contribution is 2.40. The first kappa shape index (κ1) is 33.2. The molecule has 2 aromatic carbocycles. The summed E-state index contributed by atoms with van der Waals surface area (Å²) in [6.07, 6.45) is 4.62. The molecule has 7 rings (SSSR count). The Morgan fingerprint density at radius 3 is 2.57 bits per heavy atom. The zero-order chi connectivity index (χ0) is 34.4. The van der Waals surface area contributed by atoms with E-state index in [9.17, 15) is 19.2 Å². The van der Waals surface area contributed by atoms with Crippen molar-refractivity contribution >= 4 is 51.9 Å². The number of hydrogen-bond donors (Lipinski definition) is 0. The lowest BCUT2D eigenvalue weighted by Crippen LogP contribution is -2.44. The van der Waals surface area contributed by atoms with Gasteiger partial charge in [-0.2, -0.15) is 0 Å². The van der Waals surface area contributed by atoms with Crippen molar-refractivity contribution in [3.63, 3.8) is 0 Å². The molecule has 1 unspecified atom stereocenters. The molecule has 4 heterocycles. The molecular weight excluding hydrogens is 658 g/mol. The van der Waals surface area contributed by atoms with Gasteiger partial charge in [0.05, 0.1) is 18.2 Å². The number of hydrogen-bond acceptors (Lipinski definition) is 8. The summed E-state index contributed by atoms with van der Waals surface area (Å²) in [6.45, 7) is 6.56. The van der Waals surface area contributed by atoms with E-state index in [1.165, 1.54) is 4.88 Å². The second kappa shape index (κ2) is 13.6. The van der Waals surface area contributed by atoms with Crippen LogP contribution in [0.1, 0.15) is 112 Å². The van der Waals surface area contributed by atoms with Crippen molar-refractivity contribution in [1.29, 1.82) is 0 Å². The maximum absolute atomic E-state index is 13.5. The third-order valence-corrected chi connectivity index (χ3v) is 11.5. The smallest absolute Gasteiger partial charge is 0.255 e. The van der Waals surface area contributed by atoms with Crippen LogP contribution in [0.4, 0.5) is 0 Å². The minimum Gasteiger partial charge on any atom is -0.324 e. The number of benzene rings is 2. The molecule has 1 saturated carbocycles. The Morgan fingerprint density at radius 1 is 1.00 bits per heavy atom. The number of thiophene rings is 1. The predicted molar refractivity (Wildman–Crippen MR) is 189 cm³/mol.